The smallest absolute Gasteiger partial charge is 0.216 e. The number of nitrogens with one attached hydrogen (secondary N) is 1. The van der Waals surface area contributed by atoms with Crippen LogP contribution in [0.2, 0.25) is 0 Å². The van der Waals surface area contributed by atoms with Gasteiger partial charge in [-0.2, -0.15) is 5.10 Å². The summed E-state index contributed by atoms with van der Waals surface area (Å²) in [5.41, 5.74) is 4.77. The molecule has 4 nitrogen and oxygen atoms in total. The highest BCUT2D eigenvalue weighted by Gasteiger charge is 2.13. The van der Waals surface area contributed by atoms with Crippen molar-refractivity contribution in [1.82, 2.24) is 15.1 Å². The first kappa shape index (κ1) is 13.6. The fourth-order valence-corrected chi connectivity index (χ4v) is 2.27. The van der Waals surface area contributed by atoms with Crippen LogP contribution in [-0.4, -0.2) is 16.9 Å². The lowest BCUT2D eigenvalue weighted by Crippen LogP contribution is -2.14. The minimum atomic E-state index is 0.761. The van der Waals surface area contributed by atoms with Crippen LogP contribution in [-0.2, 0) is 20.1 Å². The van der Waals surface area contributed by atoms with Crippen LogP contribution in [0.3, 0.4) is 0 Å². The molecule has 0 aliphatic heterocycles. The van der Waals surface area contributed by atoms with Gasteiger partial charge in [-0.1, -0.05) is 24.3 Å². The summed E-state index contributed by atoms with van der Waals surface area (Å²) in [5.74, 6) is 0.829. The van der Waals surface area contributed by atoms with Crippen LogP contribution >= 0.6 is 0 Å². The Hall–Kier alpha value is -1.81. The molecular weight excluding hydrogens is 238 g/mol. The minimum absolute atomic E-state index is 0.761. The average Bonchev–Trinajstić information content (AvgIpc) is 2.66. The maximum atomic E-state index is 5.38. The number of benzene rings is 1. The van der Waals surface area contributed by atoms with E-state index in [0.29, 0.717) is 0 Å². The third kappa shape index (κ3) is 2.96. The number of hydrogen-bond acceptors (Lipinski definition) is 3. The third-order valence-corrected chi connectivity index (χ3v) is 3.36. The Balaban J connectivity index is 2.02. The van der Waals surface area contributed by atoms with Gasteiger partial charge in [0.05, 0.1) is 18.4 Å². The predicted molar refractivity (Wildman–Crippen MR) is 76.2 cm³/mol. The van der Waals surface area contributed by atoms with E-state index in [4.69, 9.17) is 4.74 Å². The standard InChI is InChI=1S/C15H21N3O/c1-11-7-5-6-8-13(11)9-16-10-14-12(2)17-18(3)15(14)19-4/h5-8,16H,9-10H2,1-4H3. The van der Waals surface area contributed by atoms with Gasteiger partial charge in [-0.05, 0) is 25.0 Å². The van der Waals surface area contributed by atoms with Gasteiger partial charge in [0.2, 0.25) is 5.88 Å². The Morgan fingerprint density at radius 2 is 1.95 bits per heavy atom. The molecule has 2 rings (SSSR count). The van der Waals surface area contributed by atoms with Crippen LogP contribution in [0.25, 0.3) is 0 Å². The number of rotatable bonds is 5. The zero-order valence-electron chi connectivity index (χ0n) is 12.0. The van der Waals surface area contributed by atoms with Crippen molar-refractivity contribution in [2.75, 3.05) is 7.11 Å². The van der Waals surface area contributed by atoms with Gasteiger partial charge >= 0.3 is 0 Å². The second-order valence-corrected chi connectivity index (χ2v) is 4.73. The van der Waals surface area contributed by atoms with Crippen molar-refractivity contribution in [1.29, 1.82) is 0 Å². The zero-order valence-corrected chi connectivity index (χ0v) is 12.0. The highest BCUT2D eigenvalue weighted by atomic mass is 16.5. The van der Waals surface area contributed by atoms with Crippen molar-refractivity contribution in [3.63, 3.8) is 0 Å². The highest BCUT2D eigenvalue weighted by molar-refractivity contribution is 5.31. The van der Waals surface area contributed by atoms with Gasteiger partial charge in [0, 0.05) is 20.1 Å². The molecule has 0 spiro atoms. The second kappa shape index (κ2) is 5.89. The Bertz CT molecular complexity index is 561. The van der Waals surface area contributed by atoms with E-state index in [2.05, 4.69) is 41.6 Å². The molecule has 0 bridgehead atoms. The largest absolute Gasteiger partial charge is 0.481 e. The average molecular weight is 259 g/mol. The number of hydrogen-bond donors (Lipinski definition) is 1. The Morgan fingerprint density at radius 3 is 2.63 bits per heavy atom. The first-order valence-electron chi connectivity index (χ1n) is 6.45. The summed E-state index contributed by atoms with van der Waals surface area (Å²) in [7, 11) is 3.58. The summed E-state index contributed by atoms with van der Waals surface area (Å²) in [5, 5.41) is 7.83. The molecular formula is C15H21N3O. The van der Waals surface area contributed by atoms with Crippen LogP contribution in [0.4, 0.5) is 0 Å². The molecule has 0 fully saturated rings. The SMILES string of the molecule is COc1c(CNCc2ccccc2C)c(C)nn1C. The van der Waals surface area contributed by atoms with Gasteiger partial charge in [0.1, 0.15) is 0 Å². The van der Waals surface area contributed by atoms with Crippen molar-refractivity contribution in [3.05, 3.63) is 46.6 Å². The lowest BCUT2D eigenvalue weighted by molar-refractivity contribution is 0.368. The third-order valence-electron chi connectivity index (χ3n) is 3.36. The van der Waals surface area contributed by atoms with Crippen molar-refractivity contribution < 1.29 is 4.74 Å². The van der Waals surface area contributed by atoms with E-state index in [1.165, 1.54) is 11.1 Å². The molecule has 102 valence electrons. The number of aryl methyl sites for hydroxylation is 3. The molecule has 1 heterocycles. The van der Waals surface area contributed by atoms with E-state index in [1.54, 1.807) is 11.8 Å². The summed E-state index contributed by atoms with van der Waals surface area (Å²) < 4.78 is 7.16. The minimum Gasteiger partial charge on any atom is -0.481 e. The van der Waals surface area contributed by atoms with Crippen LogP contribution in [0, 0.1) is 13.8 Å². The number of methoxy groups -OCH3 is 1. The van der Waals surface area contributed by atoms with E-state index >= 15 is 0 Å². The van der Waals surface area contributed by atoms with Gasteiger partial charge in [0.25, 0.3) is 0 Å². The molecule has 1 N–H and O–H groups in total. The molecule has 4 heteroatoms. The van der Waals surface area contributed by atoms with Crippen molar-refractivity contribution in [2.45, 2.75) is 26.9 Å². The van der Waals surface area contributed by atoms with Gasteiger partial charge in [-0.25, -0.2) is 4.68 Å². The summed E-state index contributed by atoms with van der Waals surface area (Å²) in [6.45, 7) is 5.75. The van der Waals surface area contributed by atoms with E-state index in [-0.39, 0.29) is 0 Å². The molecule has 1 aromatic heterocycles. The molecule has 0 atom stereocenters. The lowest BCUT2D eigenvalue weighted by Gasteiger charge is -2.08. The molecule has 19 heavy (non-hydrogen) atoms. The topological polar surface area (TPSA) is 39.1 Å². The molecule has 0 aliphatic carbocycles. The highest BCUT2D eigenvalue weighted by Crippen LogP contribution is 2.20. The monoisotopic (exact) mass is 259 g/mol. The molecule has 0 saturated carbocycles. The van der Waals surface area contributed by atoms with Crippen LogP contribution in [0.5, 0.6) is 5.88 Å². The molecule has 2 aromatic rings. The molecule has 0 aliphatic rings. The first-order valence-corrected chi connectivity index (χ1v) is 6.45. The molecule has 1 aromatic carbocycles. The van der Waals surface area contributed by atoms with Gasteiger partial charge in [0.15, 0.2) is 0 Å². The van der Waals surface area contributed by atoms with Crippen LogP contribution in [0.15, 0.2) is 24.3 Å². The normalized spacial score (nSPS) is 10.7. The molecule has 0 radical (unpaired) electrons. The Labute approximate surface area is 114 Å². The Morgan fingerprint density at radius 1 is 1.21 bits per heavy atom. The molecule has 0 saturated heterocycles. The maximum absolute atomic E-state index is 5.38. The van der Waals surface area contributed by atoms with Crippen molar-refractivity contribution in [3.8, 4) is 5.88 Å². The van der Waals surface area contributed by atoms with Gasteiger partial charge < -0.3 is 10.1 Å². The van der Waals surface area contributed by atoms with E-state index in [9.17, 15) is 0 Å². The van der Waals surface area contributed by atoms with E-state index in [1.807, 2.05) is 14.0 Å². The quantitative estimate of drug-likeness (QED) is 0.895. The summed E-state index contributed by atoms with van der Waals surface area (Å²) in [6, 6.07) is 8.41. The Kier molecular flexibility index (Phi) is 4.22. The van der Waals surface area contributed by atoms with E-state index in [0.717, 1.165) is 30.2 Å². The lowest BCUT2D eigenvalue weighted by atomic mass is 10.1. The maximum Gasteiger partial charge on any atom is 0.216 e. The predicted octanol–water partition coefficient (Wildman–Crippen LogP) is 2.34. The molecule has 0 unspecified atom stereocenters. The fourth-order valence-electron chi connectivity index (χ4n) is 2.27. The number of ether oxygens (including phenoxy) is 1. The van der Waals surface area contributed by atoms with Crippen LogP contribution < -0.4 is 10.1 Å². The fraction of sp³-hybridized carbons (Fsp3) is 0.400. The van der Waals surface area contributed by atoms with Crippen molar-refractivity contribution in [2.24, 2.45) is 7.05 Å². The zero-order chi connectivity index (χ0) is 13.8. The number of nitrogens with zero attached hydrogens (tertiary/aromatic N) is 2. The van der Waals surface area contributed by atoms with Crippen LogP contribution in [0.1, 0.15) is 22.4 Å². The van der Waals surface area contributed by atoms with Gasteiger partial charge in [-0.15, -0.1) is 0 Å². The van der Waals surface area contributed by atoms with E-state index < -0.39 is 0 Å². The van der Waals surface area contributed by atoms with Crippen molar-refractivity contribution >= 4 is 0 Å². The second-order valence-electron chi connectivity index (χ2n) is 4.73. The summed E-state index contributed by atoms with van der Waals surface area (Å²) in [6.07, 6.45) is 0. The molecule has 0 amide bonds. The first-order chi connectivity index (χ1) is 9.13. The summed E-state index contributed by atoms with van der Waals surface area (Å²) in [4.78, 5) is 0. The number of aromatic nitrogens is 2. The summed E-state index contributed by atoms with van der Waals surface area (Å²) >= 11 is 0. The van der Waals surface area contributed by atoms with Gasteiger partial charge in [-0.3, -0.25) is 0 Å².